The van der Waals surface area contributed by atoms with Crippen LogP contribution in [-0.2, 0) is 0 Å². The first-order chi connectivity index (χ1) is 12.3. The first-order valence-electron chi connectivity index (χ1n) is 7.83. The van der Waals surface area contributed by atoms with Crippen LogP contribution in [0.3, 0.4) is 0 Å². The van der Waals surface area contributed by atoms with Crippen LogP contribution in [0.1, 0.15) is 10.4 Å². The average molecular weight is 416 g/mol. The Bertz CT molecular complexity index is 964. The van der Waals surface area contributed by atoms with E-state index >= 15 is 0 Å². The molecule has 27 heavy (non-hydrogen) atoms. The Morgan fingerprint density at radius 3 is 2.37 bits per heavy atom. The molecule has 0 aliphatic heterocycles. The van der Waals surface area contributed by atoms with Gasteiger partial charge >= 0.3 is 0 Å². The molecule has 0 saturated heterocycles. The first-order valence-corrected chi connectivity index (χ1v) is 8.64. The quantitative estimate of drug-likeness (QED) is 0.621. The number of benzene rings is 2. The number of likely N-dealkylation sites (N-methyl/N-ethyl adjacent to an activating group) is 1. The van der Waals surface area contributed by atoms with Gasteiger partial charge in [0.15, 0.2) is 5.13 Å². The van der Waals surface area contributed by atoms with Gasteiger partial charge in [0.05, 0.1) is 15.8 Å². The molecule has 0 unspecified atom stereocenters. The van der Waals surface area contributed by atoms with E-state index in [9.17, 15) is 18.0 Å². The van der Waals surface area contributed by atoms with E-state index in [-0.39, 0.29) is 24.5 Å². The van der Waals surface area contributed by atoms with Crippen molar-refractivity contribution in [3.63, 3.8) is 0 Å². The van der Waals surface area contributed by atoms with E-state index < -0.39 is 23.4 Å². The van der Waals surface area contributed by atoms with Gasteiger partial charge in [0.1, 0.15) is 17.5 Å². The number of aromatic nitrogens is 1. The molecule has 0 N–H and O–H groups in total. The van der Waals surface area contributed by atoms with Gasteiger partial charge in [-0.05, 0) is 44.4 Å². The number of nitrogens with zero attached hydrogens (tertiary/aromatic N) is 3. The molecular formula is C18H17ClF3N3OS. The summed E-state index contributed by atoms with van der Waals surface area (Å²) in [4.78, 5) is 20.4. The second-order valence-corrected chi connectivity index (χ2v) is 7.00. The molecule has 0 atom stereocenters. The van der Waals surface area contributed by atoms with Crippen molar-refractivity contribution in [2.24, 2.45) is 0 Å². The van der Waals surface area contributed by atoms with Gasteiger partial charge in [0.2, 0.25) is 0 Å². The number of anilines is 1. The molecule has 0 spiro atoms. The molecule has 0 saturated carbocycles. The van der Waals surface area contributed by atoms with Gasteiger partial charge < -0.3 is 4.90 Å². The molecule has 4 nitrogen and oxygen atoms in total. The molecule has 0 aliphatic carbocycles. The summed E-state index contributed by atoms with van der Waals surface area (Å²) in [5.41, 5.74) is 0.309. The van der Waals surface area contributed by atoms with Crippen molar-refractivity contribution >= 4 is 45.0 Å². The van der Waals surface area contributed by atoms with Gasteiger partial charge in [-0.1, -0.05) is 11.3 Å². The highest BCUT2D eigenvalue weighted by molar-refractivity contribution is 7.22. The number of rotatable bonds is 5. The van der Waals surface area contributed by atoms with Crippen LogP contribution in [0.25, 0.3) is 10.2 Å². The van der Waals surface area contributed by atoms with Crippen molar-refractivity contribution in [3.8, 4) is 0 Å². The predicted molar refractivity (Wildman–Crippen MR) is 103 cm³/mol. The van der Waals surface area contributed by atoms with E-state index in [0.29, 0.717) is 28.0 Å². The van der Waals surface area contributed by atoms with Crippen LogP contribution in [0.2, 0.25) is 0 Å². The summed E-state index contributed by atoms with van der Waals surface area (Å²) >= 11 is 1.14. The second-order valence-electron chi connectivity index (χ2n) is 5.99. The minimum absolute atomic E-state index is 0. The minimum atomic E-state index is -0.933. The topological polar surface area (TPSA) is 36.4 Å². The van der Waals surface area contributed by atoms with Crippen LogP contribution in [0, 0.1) is 17.5 Å². The van der Waals surface area contributed by atoms with E-state index in [1.165, 1.54) is 23.1 Å². The maximum absolute atomic E-state index is 14.1. The van der Waals surface area contributed by atoms with E-state index in [1.54, 1.807) is 0 Å². The van der Waals surface area contributed by atoms with Crippen LogP contribution >= 0.6 is 23.7 Å². The summed E-state index contributed by atoms with van der Waals surface area (Å²) in [6.45, 7) is 0.768. The molecule has 0 fully saturated rings. The van der Waals surface area contributed by atoms with Crippen molar-refractivity contribution in [1.82, 2.24) is 9.88 Å². The largest absolute Gasteiger partial charge is 0.308 e. The Morgan fingerprint density at radius 1 is 1.04 bits per heavy atom. The standard InChI is InChI=1S/C18H16F3N3OS.ClH/c1-23(2)7-8-24(17(25)13-5-3-11(19)9-14(13)21)18-22-15-6-4-12(20)10-16(15)26-18;/h3-6,9-10H,7-8H2,1-2H3;1H. The van der Waals surface area contributed by atoms with Crippen molar-refractivity contribution in [1.29, 1.82) is 0 Å². The van der Waals surface area contributed by atoms with Gasteiger partial charge in [0, 0.05) is 19.2 Å². The Hall–Kier alpha value is -2.16. The van der Waals surface area contributed by atoms with Crippen molar-refractivity contribution < 1.29 is 18.0 Å². The molecule has 3 aromatic rings. The zero-order valence-corrected chi connectivity index (χ0v) is 16.2. The highest BCUT2D eigenvalue weighted by atomic mass is 35.5. The maximum Gasteiger partial charge on any atom is 0.263 e. The molecule has 0 bridgehead atoms. The number of carbonyl (C=O) groups excluding carboxylic acids is 1. The molecule has 1 amide bonds. The lowest BCUT2D eigenvalue weighted by molar-refractivity contribution is 0.0981. The smallest absolute Gasteiger partial charge is 0.263 e. The van der Waals surface area contributed by atoms with Gasteiger partial charge in [-0.25, -0.2) is 18.2 Å². The third kappa shape index (κ3) is 4.77. The van der Waals surface area contributed by atoms with Crippen LogP contribution in [0.4, 0.5) is 18.3 Å². The van der Waals surface area contributed by atoms with E-state index in [0.717, 1.165) is 23.5 Å². The number of halogens is 4. The van der Waals surface area contributed by atoms with Crippen LogP contribution in [-0.4, -0.2) is 43.0 Å². The number of fused-ring (bicyclic) bond motifs is 1. The summed E-state index contributed by atoms with van der Waals surface area (Å²) in [5, 5.41) is 0.334. The van der Waals surface area contributed by atoms with Crippen molar-refractivity contribution in [2.45, 2.75) is 0 Å². The fourth-order valence-corrected chi connectivity index (χ4v) is 3.41. The highest BCUT2D eigenvalue weighted by Crippen LogP contribution is 2.30. The number of thiazole rings is 1. The number of carbonyl (C=O) groups is 1. The monoisotopic (exact) mass is 415 g/mol. The number of amides is 1. The Kier molecular flexibility index (Phi) is 6.80. The third-order valence-corrected chi connectivity index (χ3v) is 4.79. The zero-order valence-electron chi connectivity index (χ0n) is 14.6. The lowest BCUT2D eigenvalue weighted by Crippen LogP contribution is -2.37. The highest BCUT2D eigenvalue weighted by Gasteiger charge is 2.24. The van der Waals surface area contributed by atoms with Crippen LogP contribution < -0.4 is 4.90 Å². The van der Waals surface area contributed by atoms with E-state index in [1.807, 2.05) is 19.0 Å². The normalized spacial score (nSPS) is 10.9. The van der Waals surface area contributed by atoms with Gasteiger partial charge in [0.25, 0.3) is 5.91 Å². The maximum atomic E-state index is 14.1. The van der Waals surface area contributed by atoms with Gasteiger partial charge in [-0.3, -0.25) is 9.69 Å². The van der Waals surface area contributed by atoms with Gasteiger partial charge in [-0.15, -0.1) is 12.4 Å². The lowest BCUT2D eigenvalue weighted by Gasteiger charge is -2.22. The van der Waals surface area contributed by atoms with E-state index in [4.69, 9.17) is 0 Å². The van der Waals surface area contributed by atoms with Crippen LogP contribution in [0.5, 0.6) is 0 Å². The second kappa shape index (κ2) is 8.69. The molecule has 9 heteroatoms. The summed E-state index contributed by atoms with van der Waals surface area (Å²) in [6.07, 6.45) is 0. The predicted octanol–water partition coefficient (Wildman–Crippen LogP) is 4.34. The van der Waals surface area contributed by atoms with Crippen molar-refractivity contribution in [2.75, 3.05) is 32.1 Å². The Morgan fingerprint density at radius 2 is 1.70 bits per heavy atom. The third-order valence-electron chi connectivity index (χ3n) is 3.75. The molecule has 3 rings (SSSR count). The summed E-state index contributed by atoms with van der Waals surface area (Å²) in [6, 6.07) is 6.97. The SMILES string of the molecule is CN(C)CCN(C(=O)c1ccc(F)cc1F)c1nc2ccc(F)cc2s1.Cl. The van der Waals surface area contributed by atoms with Gasteiger partial charge in [-0.2, -0.15) is 0 Å². The summed E-state index contributed by atoms with van der Waals surface area (Å²) in [7, 11) is 3.68. The minimum Gasteiger partial charge on any atom is -0.308 e. The molecule has 1 aromatic heterocycles. The Labute approximate surface area is 164 Å². The van der Waals surface area contributed by atoms with Crippen LogP contribution in [0.15, 0.2) is 36.4 Å². The molecule has 144 valence electrons. The molecule has 0 radical (unpaired) electrons. The molecular weight excluding hydrogens is 399 g/mol. The fraction of sp³-hybridized carbons (Fsp3) is 0.222. The summed E-state index contributed by atoms with van der Waals surface area (Å²) < 4.78 is 41.2. The van der Waals surface area contributed by atoms with Crippen molar-refractivity contribution in [3.05, 3.63) is 59.4 Å². The fourth-order valence-electron chi connectivity index (χ4n) is 2.39. The first kappa shape index (κ1) is 21.1. The Balaban J connectivity index is 0.00000261. The summed E-state index contributed by atoms with van der Waals surface area (Å²) in [5.74, 6) is -2.71. The van der Waals surface area contributed by atoms with E-state index in [2.05, 4.69) is 4.98 Å². The zero-order chi connectivity index (χ0) is 18.8. The number of hydrogen-bond donors (Lipinski definition) is 0. The lowest BCUT2D eigenvalue weighted by atomic mass is 10.2. The molecule has 1 heterocycles. The molecule has 0 aliphatic rings. The average Bonchev–Trinajstić information content (AvgIpc) is 2.97. The number of hydrogen-bond acceptors (Lipinski definition) is 4. The molecule has 2 aromatic carbocycles.